The fraction of sp³-hybridized carbons (Fsp3) is 0.538. The van der Waals surface area contributed by atoms with Crippen LogP contribution in [0.4, 0.5) is 5.69 Å². The van der Waals surface area contributed by atoms with Gasteiger partial charge in [-0.15, -0.1) is 0 Å². The fourth-order valence-electron chi connectivity index (χ4n) is 2.21. The van der Waals surface area contributed by atoms with Crippen LogP contribution in [0.5, 0.6) is 5.75 Å². The van der Waals surface area contributed by atoms with Gasteiger partial charge in [-0.05, 0) is 32.0 Å². The molecule has 0 aromatic heterocycles. The second-order valence-electron chi connectivity index (χ2n) is 4.33. The Kier molecular flexibility index (Phi) is 3.67. The van der Waals surface area contributed by atoms with Gasteiger partial charge in [0.25, 0.3) is 0 Å². The summed E-state index contributed by atoms with van der Waals surface area (Å²) in [5.41, 5.74) is 1.21. The van der Waals surface area contributed by atoms with Crippen molar-refractivity contribution in [2.45, 2.75) is 19.4 Å². The standard InChI is InChI=1S/C13H20N2O/c1-11-10-15(9-5-8-14-11)12-6-3-4-7-13(12)16-2/h3-4,6-7,11,14H,5,8-10H2,1-2H3. The van der Waals surface area contributed by atoms with Gasteiger partial charge in [0.05, 0.1) is 12.8 Å². The Bertz CT molecular complexity index is 340. The van der Waals surface area contributed by atoms with Crippen molar-refractivity contribution >= 4 is 5.69 Å². The van der Waals surface area contributed by atoms with E-state index in [9.17, 15) is 0 Å². The third-order valence-electron chi connectivity index (χ3n) is 3.02. The average Bonchev–Trinajstić information content (AvgIpc) is 2.54. The Morgan fingerprint density at radius 3 is 3.00 bits per heavy atom. The Labute approximate surface area is 97.4 Å². The van der Waals surface area contributed by atoms with Crippen LogP contribution >= 0.6 is 0 Å². The summed E-state index contributed by atoms with van der Waals surface area (Å²) in [6.45, 7) is 5.47. The van der Waals surface area contributed by atoms with Crippen molar-refractivity contribution < 1.29 is 4.74 Å². The van der Waals surface area contributed by atoms with Gasteiger partial charge in [0.15, 0.2) is 0 Å². The zero-order valence-corrected chi connectivity index (χ0v) is 10.1. The maximum Gasteiger partial charge on any atom is 0.142 e. The SMILES string of the molecule is COc1ccccc1N1CCCNC(C)C1. The van der Waals surface area contributed by atoms with Crippen molar-refractivity contribution in [2.24, 2.45) is 0 Å². The molecule has 1 aliphatic rings. The van der Waals surface area contributed by atoms with Crippen LogP contribution in [0.1, 0.15) is 13.3 Å². The Hall–Kier alpha value is -1.22. The molecule has 1 aliphatic heterocycles. The van der Waals surface area contributed by atoms with Crippen molar-refractivity contribution in [3.05, 3.63) is 24.3 Å². The first-order valence-corrected chi connectivity index (χ1v) is 5.92. The number of rotatable bonds is 2. The van der Waals surface area contributed by atoms with Gasteiger partial charge < -0.3 is 15.0 Å². The van der Waals surface area contributed by atoms with E-state index >= 15 is 0 Å². The number of hydrogen-bond donors (Lipinski definition) is 1. The molecule has 0 bridgehead atoms. The first kappa shape index (κ1) is 11.3. The molecule has 0 aliphatic carbocycles. The molecule has 88 valence electrons. The minimum atomic E-state index is 0.535. The first-order chi connectivity index (χ1) is 7.81. The molecule has 0 radical (unpaired) electrons. The zero-order chi connectivity index (χ0) is 11.4. The molecule has 1 unspecified atom stereocenters. The lowest BCUT2D eigenvalue weighted by Crippen LogP contribution is -2.35. The highest BCUT2D eigenvalue weighted by atomic mass is 16.5. The van der Waals surface area contributed by atoms with Gasteiger partial charge >= 0.3 is 0 Å². The van der Waals surface area contributed by atoms with Gasteiger partial charge in [-0.3, -0.25) is 0 Å². The minimum Gasteiger partial charge on any atom is -0.495 e. The van der Waals surface area contributed by atoms with E-state index in [-0.39, 0.29) is 0 Å². The van der Waals surface area contributed by atoms with Gasteiger partial charge in [-0.2, -0.15) is 0 Å². The van der Waals surface area contributed by atoms with E-state index in [2.05, 4.69) is 29.3 Å². The van der Waals surface area contributed by atoms with Gasteiger partial charge in [0, 0.05) is 19.1 Å². The van der Waals surface area contributed by atoms with E-state index in [1.807, 2.05) is 12.1 Å². The highest BCUT2D eigenvalue weighted by Gasteiger charge is 2.16. The molecule has 1 fully saturated rings. The predicted molar refractivity (Wildman–Crippen MR) is 67.3 cm³/mol. The molecule has 0 spiro atoms. The topological polar surface area (TPSA) is 24.5 Å². The van der Waals surface area contributed by atoms with Crippen molar-refractivity contribution in [2.75, 3.05) is 31.6 Å². The second kappa shape index (κ2) is 5.21. The molecule has 2 rings (SSSR count). The van der Waals surface area contributed by atoms with Crippen LogP contribution in [-0.4, -0.2) is 32.8 Å². The van der Waals surface area contributed by atoms with Crippen molar-refractivity contribution in [3.8, 4) is 5.75 Å². The van der Waals surface area contributed by atoms with Crippen LogP contribution in [0.25, 0.3) is 0 Å². The van der Waals surface area contributed by atoms with Crippen molar-refractivity contribution in [1.29, 1.82) is 0 Å². The predicted octanol–water partition coefficient (Wildman–Crippen LogP) is 1.88. The number of benzene rings is 1. The Balaban J connectivity index is 2.20. The summed E-state index contributed by atoms with van der Waals surface area (Å²) in [7, 11) is 1.73. The zero-order valence-electron chi connectivity index (χ0n) is 10.1. The van der Waals surface area contributed by atoms with Crippen molar-refractivity contribution in [1.82, 2.24) is 5.32 Å². The summed E-state index contributed by atoms with van der Waals surface area (Å²) >= 11 is 0. The first-order valence-electron chi connectivity index (χ1n) is 5.92. The van der Waals surface area contributed by atoms with Crippen LogP contribution in [0.3, 0.4) is 0 Å². The second-order valence-corrected chi connectivity index (χ2v) is 4.33. The number of ether oxygens (including phenoxy) is 1. The maximum atomic E-state index is 5.41. The van der Waals surface area contributed by atoms with Crippen LogP contribution < -0.4 is 15.0 Å². The molecule has 0 saturated carbocycles. The van der Waals surface area contributed by atoms with Gasteiger partial charge in [0.1, 0.15) is 5.75 Å². The van der Waals surface area contributed by atoms with E-state index in [1.165, 1.54) is 12.1 Å². The van der Waals surface area contributed by atoms with E-state index in [0.717, 1.165) is 25.4 Å². The lowest BCUT2D eigenvalue weighted by atomic mass is 10.2. The van der Waals surface area contributed by atoms with Crippen LogP contribution in [0.15, 0.2) is 24.3 Å². The summed E-state index contributed by atoms with van der Waals surface area (Å²) in [5.74, 6) is 0.969. The van der Waals surface area contributed by atoms with Gasteiger partial charge in [-0.25, -0.2) is 0 Å². The minimum absolute atomic E-state index is 0.535. The normalized spacial score (nSPS) is 21.6. The average molecular weight is 220 g/mol. The molecule has 1 atom stereocenters. The molecule has 16 heavy (non-hydrogen) atoms. The molecule has 1 N–H and O–H groups in total. The number of methoxy groups -OCH3 is 1. The van der Waals surface area contributed by atoms with E-state index in [4.69, 9.17) is 4.74 Å². The van der Waals surface area contributed by atoms with Crippen LogP contribution in [0, 0.1) is 0 Å². The summed E-state index contributed by atoms with van der Waals surface area (Å²) in [6, 6.07) is 8.78. The lowest BCUT2D eigenvalue weighted by Gasteiger charge is -2.26. The Morgan fingerprint density at radius 2 is 2.19 bits per heavy atom. The van der Waals surface area contributed by atoms with E-state index in [1.54, 1.807) is 7.11 Å². The summed E-state index contributed by atoms with van der Waals surface area (Å²) in [6.07, 6.45) is 1.18. The number of nitrogens with zero attached hydrogens (tertiary/aromatic N) is 1. The summed E-state index contributed by atoms with van der Waals surface area (Å²) in [4.78, 5) is 2.41. The lowest BCUT2D eigenvalue weighted by molar-refractivity contribution is 0.414. The molecule has 3 heteroatoms. The third kappa shape index (κ3) is 2.47. The quantitative estimate of drug-likeness (QED) is 0.823. The monoisotopic (exact) mass is 220 g/mol. The largest absolute Gasteiger partial charge is 0.495 e. The van der Waals surface area contributed by atoms with Crippen LogP contribution in [0.2, 0.25) is 0 Å². The van der Waals surface area contributed by atoms with Gasteiger partial charge in [0.2, 0.25) is 0 Å². The smallest absolute Gasteiger partial charge is 0.142 e. The van der Waals surface area contributed by atoms with E-state index in [0.29, 0.717) is 6.04 Å². The highest BCUT2D eigenvalue weighted by molar-refractivity contribution is 5.58. The molecule has 1 saturated heterocycles. The number of nitrogens with one attached hydrogen (secondary N) is 1. The third-order valence-corrected chi connectivity index (χ3v) is 3.02. The number of anilines is 1. The molecule has 1 aromatic rings. The molecular weight excluding hydrogens is 200 g/mol. The van der Waals surface area contributed by atoms with E-state index < -0.39 is 0 Å². The molecule has 3 nitrogen and oxygen atoms in total. The van der Waals surface area contributed by atoms with Crippen molar-refractivity contribution in [3.63, 3.8) is 0 Å². The van der Waals surface area contributed by atoms with Gasteiger partial charge in [-0.1, -0.05) is 12.1 Å². The summed E-state index contributed by atoms with van der Waals surface area (Å²) in [5, 5.41) is 3.50. The number of hydrogen-bond acceptors (Lipinski definition) is 3. The molecule has 1 aromatic carbocycles. The molecular formula is C13H20N2O. The number of para-hydroxylation sites is 2. The molecule has 1 heterocycles. The summed E-state index contributed by atoms with van der Waals surface area (Å²) < 4.78 is 5.41. The maximum absolute atomic E-state index is 5.41. The molecule has 0 amide bonds. The highest BCUT2D eigenvalue weighted by Crippen LogP contribution is 2.28. The van der Waals surface area contributed by atoms with Crippen LogP contribution in [-0.2, 0) is 0 Å². The Morgan fingerprint density at radius 1 is 1.38 bits per heavy atom. The fourth-order valence-corrected chi connectivity index (χ4v) is 2.21.